The lowest BCUT2D eigenvalue weighted by Gasteiger charge is -2.24. The van der Waals surface area contributed by atoms with Gasteiger partial charge < -0.3 is 10.6 Å². The molecule has 17 heavy (non-hydrogen) atoms. The Bertz CT molecular complexity index is 374. The first-order chi connectivity index (χ1) is 7.93. The van der Waals surface area contributed by atoms with Crippen molar-refractivity contribution in [3.8, 4) is 0 Å². The Morgan fingerprint density at radius 3 is 2.76 bits per heavy atom. The molecule has 4 nitrogen and oxygen atoms in total. The number of hydrogen-bond donors (Lipinski definition) is 2. The summed E-state index contributed by atoms with van der Waals surface area (Å²) < 4.78 is 0. The van der Waals surface area contributed by atoms with Gasteiger partial charge in [-0.25, -0.2) is 4.98 Å². The Morgan fingerprint density at radius 1 is 1.53 bits per heavy atom. The first-order valence-electron chi connectivity index (χ1n) is 5.86. The molecule has 0 aliphatic rings. The van der Waals surface area contributed by atoms with Crippen LogP contribution in [0.15, 0.2) is 6.20 Å². The van der Waals surface area contributed by atoms with Crippen molar-refractivity contribution >= 4 is 17.2 Å². The Labute approximate surface area is 107 Å². The summed E-state index contributed by atoms with van der Waals surface area (Å²) in [6.07, 6.45) is 2.77. The van der Waals surface area contributed by atoms with Crippen molar-refractivity contribution in [3.63, 3.8) is 0 Å². The number of carbonyl (C=O) groups excluding carboxylic acids is 1. The summed E-state index contributed by atoms with van der Waals surface area (Å²) in [6.45, 7) is 9.14. The standard InChI is InChI=1S/C12H21N3OS/c1-5-12(3,4)15-11(16)8-13-6-10-7-14-9(2)17-10/h7,13H,5-6,8H2,1-4H3,(H,15,16). The third-order valence-electron chi connectivity index (χ3n) is 2.62. The summed E-state index contributed by atoms with van der Waals surface area (Å²) in [4.78, 5) is 16.9. The zero-order valence-electron chi connectivity index (χ0n) is 11.0. The van der Waals surface area contributed by atoms with Gasteiger partial charge in [0.2, 0.25) is 5.91 Å². The van der Waals surface area contributed by atoms with Crippen LogP contribution >= 0.6 is 11.3 Å². The average molecular weight is 255 g/mol. The lowest BCUT2D eigenvalue weighted by Crippen LogP contribution is -2.46. The summed E-state index contributed by atoms with van der Waals surface area (Å²) >= 11 is 1.65. The first kappa shape index (κ1) is 14.1. The minimum Gasteiger partial charge on any atom is -0.350 e. The quantitative estimate of drug-likeness (QED) is 0.815. The van der Waals surface area contributed by atoms with Gasteiger partial charge >= 0.3 is 0 Å². The molecule has 0 bridgehead atoms. The lowest BCUT2D eigenvalue weighted by molar-refractivity contribution is -0.121. The number of carbonyl (C=O) groups is 1. The summed E-state index contributed by atoms with van der Waals surface area (Å²) in [7, 11) is 0. The van der Waals surface area contributed by atoms with E-state index in [0.717, 1.165) is 16.3 Å². The van der Waals surface area contributed by atoms with Gasteiger partial charge in [0.05, 0.1) is 11.6 Å². The zero-order chi connectivity index (χ0) is 12.9. The van der Waals surface area contributed by atoms with Gasteiger partial charge in [0, 0.05) is 23.2 Å². The Kier molecular flexibility index (Phi) is 5.08. The van der Waals surface area contributed by atoms with Crippen LogP contribution in [0.2, 0.25) is 0 Å². The van der Waals surface area contributed by atoms with Crippen LogP contribution in [0.3, 0.4) is 0 Å². The number of thiazole rings is 1. The number of aromatic nitrogens is 1. The van der Waals surface area contributed by atoms with Crippen molar-refractivity contribution in [1.82, 2.24) is 15.6 Å². The third-order valence-corrected chi connectivity index (χ3v) is 3.53. The summed E-state index contributed by atoms with van der Waals surface area (Å²) in [5.74, 6) is 0.0399. The molecule has 0 saturated carbocycles. The second kappa shape index (κ2) is 6.12. The van der Waals surface area contributed by atoms with Crippen molar-refractivity contribution in [3.05, 3.63) is 16.1 Å². The maximum absolute atomic E-state index is 11.6. The van der Waals surface area contributed by atoms with Crippen LogP contribution in [0.4, 0.5) is 0 Å². The van der Waals surface area contributed by atoms with Gasteiger partial charge in [0.25, 0.3) is 0 Å². The van der Waals surface area contributed by atoms with Crippen LogP contribution < -0.4 is 10.6 Å². The van der Waals surface area contributed by atoms with Crippen LogP contribution in [0.25, 0.3) is 0 Å². The summed E-state index contributed by atoms with van der Waals surface area (Å²) in [5, 5.41) is 7.16. The Morgan fingerprint density at radius 2 is 2.24 bits per heavy atom. The topological polar surface area (TPSA) is 54.0 Å². The van der Waals surface area contributed by atoms with E-state index in [2.05, 4.69) is 22.5 Å². The van der Waals surface area contributed by atoms with Gasteiger partial charge in [-0.15, -0.1) is 11.3 Å². The molecule has 0 radical (unpaired) electrons. The van der Waals surface area contributed by atoms with Crippen LogP contribution in [-0.2, 0) is 11.3 Å². The fourth-order valence-corrected chi connectivity index (χ4v) is 2.06. The van der Waals surface area contributed by atoms with Gasteiger partial charge in [-0.3, -0.25) is 4.79 Å². The molecule has 0 atom stereocenters. The number of amides is 1. The van der Waals surface area contributed by atoms with Crippen molar-refractivity contribution in [1.29, 1.82) is 0 Å². The molecule has 1 amide bonds. The summed E-state index contributed by atoms with van der Waals surface area (Å²) in [5.41, 5.74) is -0.125. The molecular weight excluding hydrogens is 234 g/mol. The minimum absolute atomic E-state index is 0.0399. The fourth-order valence-electron chi connectivity index (χ4n) is 1.30. The van der Waals surface area contributed by atoms with Gasteiger partial charge in [0.1, 0.15) is 0 Å². The van der Waals surface area contributed by atoms with E-state index in [9.17, 15) is 4.79 Å². The smallest absolute Gasteiger partial charge is 0.234 e. The average Bonchev–Trinajstić information content (AvgIpc) is 2.63. The van der Waals surface area contributed by atoms with E-state index in [4.69, 9.17) is 0 Å². The molecule has 5 heteroatoms. The number of aryl methyl sites for hydroxylation is 1. The number of nitrogens with one attached hydrogen (secondary N) is 2. The second-order valence-corrected chi connectivity index (χ2v) is 6.05. The molecule has 96 valence electrons. The molecule has 0 aliphatic carbocycles. The molecule has 2 N–H and O–H groups in total. The largest absolute Gasteiger partial charge is 0.350 e. The maximum Gasteiger partial charge on any atom is 0.234 e. The van der Waals surface area contributed by atoms with E-state index in [1.807, 2.05) is 27.0 Å². The predicted molar refractivity (Wildman–Crippen MR) is 71.1 cm³/mol. The van der Waals surface area contributed by atoms with Crippen molar-refractivity contribution in [2.45, 2.75) is 46.2 Å². The van der Waals surface area contributed by atoms with Gasteiger partial charge in [-0.1, -0.05) is 6.92 Å². The maximum atomic E-state index is 11.6. The molecule has 0 spiro atoms. The van der Waals surface area contributed by atoms with E-state index < -0.39 is 0 Å². The lowest BCUT2D eigenvalue weighted by atomic mass is 10.0. The molecule has 0 fully saturated rings. The molecule has 0 unspecified atom stereocenters. The number of nitrogens with zero attached hydrogens (tertiary/aromatic N) is 1. The van der Waals surface area contributed by atoms with Gasteiger partial charge in [-0.05, 0) is 27.2 Å². The molecule has 0 aromatic carbocycles. The van der Waals surface area contributed by atoms with Crippen LogP contribution in [0.1, 0.15) is 37.1 Å². The highest BCUT2D eigenvalue weighted by atomic mass is 32.1. The molecule has 1 aromatic rings. The fraction of sp³-hybridized carbons (Fsp3) is 0.667. The number of hydrogen-bond acceptors (Lipinski definition) is 4. The molecule has 0 saturated heterocycles. The Balaban J connectivity index is 2.25. The van der Waals surface area contributed by atoms with Crippen molar-refractivity contribution in [2.75, 3.05) is 6.54 Å². The highest BCUT2D eigenvalue weighted by molar-refractivity contribution is 7.11. The Hall–Kier alpha value is -0.940. The zero-order valence-corrected chi connectivity index (χ0v) is 11.8. The van der Waals surface area contributed by atoms with Crippen LogP contribution in [-0.4, -0.2) is 23.0 Å². The molecule has 0 aliphatic heterocycles. The van der Waals surface area contributed by atoms with Crippen molar-refractivity contribution in [2.24, 2.45) is 0 Å². The molecule has 1 rings (SSSR count). The van der Waals surface area contributed by atoms with E-state index in [0.29, 0.717) is 13.1 Å². The minimum atomic E-state index is -0.125. The normalized spacial score (nSPS) is 11.5. The third kappa shape index (κ3) is 5.28. The van der Waals surface area contributed by atoms with Crippen LogP contribution in [0, 0.1) is 6.92 Å². The monoisotopic (exact) mass is 255 g/mol. The van der Waals surface area contributed by atoms with E-state index in [1.165, 1.54) is 0 Å². The SMILES string of the molecule is CCC(C)(C)NC(=O)CNCc1cnc(C)s1. The predicted octanol–water partition coefficient (Wildman–Crippen LogP) is 1.85. The number of rotatable bonds is 6. The van der Waals surface area contributed by atoms with E-state index >= 15 is 0 Å². The molecular formula is C12H21N3OS. The molecule has 1 aromatic heterocycles. The van der Waals surface area contributed by atoms with E-state index in [1.54, 1.807) is 11.3 Å². The van der Waals surface area contributed by atoms with Gasteiger partial charge in [0.15, 0.2) is 0 Å². The molecule has 1 heterocycles. The highest BCUT2D eigenvalue weighted by Crippen LogP contribution is 2.10. The van der Waals surface area contributed by atoms with Gasteiger partial charge in [-0.2, -0.15) is 0 Å². The van der Waals surface area contributed by atoms with Crippen LogP contribution in [0.5, 0.6) is 0 Å². The second-order valence-electron chi connectivity index (χ2n) is 4.73. The summed E-state index contributed by atoms with van der Waals surface area (Å²) in [6, 6.07) is 0. The first-order valence-corrected chi connectivity index (χ1v) is 6.67. The highest BCUT2D eigenvalue weighted by Gasteiger charge is 2.17. The van der Waals surface area contributed by atoms with Crippen molar-refractivity contribution < 1.29 is 4.79 Å². The van der Waals surface area contributed by atoms with E-state index in [-0.39, 0.29) is 11.4 Å².